The fourth-order valence-electron chi connectivity index (χ4n) is 2.00. The Morgan fingerprint density at radius 2 is 1.86 bits per heavy atom. The van der Waals surface area contributed by atoms with Crippen LogP contribution in [0.3, 0.4) is 0 Å². The number of anilines is 3. The molecule has 1 aromatic rings. The smallest absolute Gasteiger partial charge is 0.382 e. The summed E-state index contributed by atoms with van der Waals surface area (Å²) in [5.41, 5.74) is 5.54. The van der Waals surface area contributed by atoms with Gasteiger partial charge in [-0.3, -0.25) is 0 Å². The lowest BCUT2D eigenvalue weighted by atomic mass is 10.1. The summed E-state index contributed by atoms with van der Waals surface area (Å²) in [6.07, 6.45) is -4.06. The van der Waals surface area contributed by atoms with Gasteiger partial charge in [-0.25, -0.2) is 0 Å². The Kier molecular flexibility index (Phi) is 4.66. The second-order valence-electron chi connectivity index (χ2n) is 4.80. The van der Waals surface area contributed by atoms with Gasteiger partial charge in [0.15, 0.2) is 6.10 Å². The van der Waals surface area contributed by atoms with E-state index >= 15 is 0 Å². The predicted octanol–water partition coefficient (Wildman–Crippen LogP) is 0.779. The Labute approximate surface area is 119 Å². The van der Waals surface area contributed by atoms with E-state index in [0.29, 0.717) is 5.95 Å². The number of hydrogen-bond donors (Lipinski definition) is 3. The normalized spacial score (nSPS) is 17.6. The number of nitrogens with two attached hydrogens (primary N) is 1. The van der Waals surface area contributed by atoms with Crippen LogP contribution in [0.1, 0.15) is 19.3 Å². The summed E-state index contributed by atoms with van der Waals surface area (Å²) >= 11 is 0. The highest BCUT2D eigenvalue weighted by Crippen LogP contribution is 2.21. The first kappa shape index (κ1) is 15.5. The van der Waals surface area contributed by atoms with Gasteiger partial charge in [-0.05, 0) is 19.3 Å². The maximum atomic E-state index is 12.2. The molecule has 4 N–H and O–H groups in total. The molecule has 1 atom stereocenters. The standard InChI is InChI=1S/C11H17F3N6O/c12-11(13,14)7(21)6-16-9-17-8(15)18-10(19-9)20-4-2-1-3-5-20/h7,21H,1-6H2,(H3,15,16,17,18,19). The third-order valence-corrected chi connectivity index (χ3v) is 3.11. The van der Waals surface area contributed by atoms with E-state index in [1.165, 1.54) is 0 Å². The van der Waals surface area contributed by atoms with Crippen molar-refractivity contribution in [2.24, 2.45) is 0 Å². The van der Waals surface area contributed by atoms with Crippen molar-refractivity contribution in [3.63, 3.8) is 0 Å². The first-order valence-electron chi connectivity index (χ1n) is 6.61. The van der Waals surface area contributed by atoms with E-state index in [2.05, 4.69) is 20.3 Å². The number of hydrogen-bond acceptors (Lipinski definition) is 7. The number of nitrogen functional groups attached to an aromatic ring is 1. The predicted molar refractivity (Wildman–Crippen MR) is 70.9 cm³/mol. The van der Waals surface area contributed by atoms with Gasteiger partial charge >= 0.3 is 6.18 Å². The van der Waals surface area contributed by atoms with Gasteiger partial charge in [-0.15, -0.1) is 0 Å². The van der Waals surface area contributed by atoms with Gasteiger partial charge < -0.3 is 21.1 Å². The largest absolute Gasteiger partial charge is 0.416 e. The van der Waals surface area contributed by atoms with Crippen LogP contribution >= 0.6 is 0 Å². The van der Waals surface area contributed by atoms with Crippen LogP contribution in [-0.4, -0.2) is 52.0 Å². The Hall–Kier alpha value is -1.84. The molecule has 1 aliphatic rings. The highest BCUT2D eigenvalue weighted by molar-refractivity contribution is 5.42. The molecule has 0 aliphatic carbocycles. The number of aliphatic hydroxyl groups excluding tert-OH is 1. The van der Waals surface area contributed by atoms with Crippen LogP contribution in [0.5, 0.6) is 0 Å². The highest BCUT2D eigenvalue weighted by Gasteiger charge is 2.38. The molecule has 1 saturated heterocycles. The average Bonchev–Trinajstić information content (AvgIpc) is 2.44. The Bertz CT molecular complexity index is 478. The van der Waals surface area contributed by atoms with Crippen molar-refractivity contribution in [2.45, 2.75) is 31.5 Å². The molecule has 0 aromatic carbocycles. The number of nitrogens with one attached hydrogen (secondary N) is 1. The number of alkyl halides is 3. The van der Waals surface area contributed by atoms with Crippen molar-refractivity contribution < 1.29 is 18.3 Å². The van der Waals surface area contributed by atoms with Crippen molar-refractivity contribution in [3.8, 4) is 0 Å². The first-order chi connectivity index (χ1) is 9.86. The minimum atomic E-state index is -4.69. The van der Waals surface area contributed by atoms with Crippen LogP contribution in [0.2, 0.25) is 0 Å². The van der Waals surface area contributed by atoms with Crippen LogP contribution < -0.4 is 16.0 Å². The highest BCUT2D eigenvalue weighted by atomic mass is 19.4. The van der Waals surface area contributed by atoms with Crippen LogP contribution in [0.25, 0.3) is 0 Å². The lowest BCUT2D eigenvalue weighted by Gasteiger charge is -2.26. The lowest BCUT2D eigenvalue weighted by Crippen LogP contribution is -2.35. The van der Waals surface area contributed by atoms with E-state index in [4.69, 9.17) is 10.8 Å². The zero-order chi connectivity index (χ0) is 15.5. The Balaban J connectivity index is 2.04. The van der Waals surface area contributed by atoms with Gasteiger partial charge in [0.1, 0.15) is 0 Å². The molecule has 1 aromatic heterocycles. The van der Waals surface area contributed by atoms with E-state index in [9.17, 15) is 13.2 Å². The summed E-state index contributed by atoms with van der Waals surface area (Å²) < 4.78 is 36.7. The summed E-state index contributed by atoms with van der Waals surface area (Å²) in [4.78, 5) is 13.7. The number of piperidine rings is 1. The third kappa shape index (κ3) is 4.31. The van der Waals surface area contributed by atoms with Gasteiger partial charge in [-0.1, -0.05) is 0 Å². The van der Waals surface area contributed by atoms with Crippen molar-refractivity contribution in [2.75, 3.05) is 35.6 Å². The van der Waals surface area contributed by atoms with Crippen molar-refractivity contribution >= 4 is 17.8 Å². The molecule has 0 bridgehead atoms. The topological polar surface area (TPSA) is 100 Å². The third-order valence-electron chi connectivity index (χ3n) is 3.11. The zero-order valence-corrected chi connectivity index (χ0v) is 11.3. The molecule has 2 rings (SSSR count). The summed E-state index contributed by atoms with van der Waals surface area (Å²) in [6, 6.07) is 0. The van der Waals surface area contributed by atoms with E-state index in [-0.39, 0.29) is 11.9 Å². The zero-order valence-electron chi connectivity index (χ0n) is 11.3. The number of rotatable bonds is 4. The van der Waals surface area contributed by atoms with Gasteiger partial charge in [-0.2, -0.15) is 28.1 Å². The Morgan fingerprint density at radius 1 is 1.19 bits per heavy atom. The summed E-state index contributed by atoms with van der Waals surface area (Å²) in [5.74, 6) is 0.187. The molecule has 0 amide bonds. The number of aliphatic hydroxyl groups is 1. The number of nitrogens with zero attached hydrogens (tertiary/aromatic N) is 4. The van der Waals surface area contributed by atoms with Crippen LogP contribution in [0.15, 0.2) is 0 Å². The van der Waals surface area contributed by atoms with Crippen molar-refractivity contribution in [1.82, 2.24) is 15.0 Å². The molecule has 7 nitrogen and oxygen atoms in total. The molecule has 0 radical (unpaired) electrons. The molecule has 1 fully saturated rings. The maximum Gasteiger partial charge on any atom is 0.416 e. The quantitative estimate of drug-likeness (QED) is 0.755. The monoisotopic (exact) mass is 306 g/mol. The first-order valence-corrected chi connectivity index (χ1v) is 6.61. The maximum absolute atomic E-state index is 12.2. The fraction of sp³-hybridized carbons (Fsp3) is 0.727. The molecular weight excluding hydrogens is 289 g/mol. The second kappa shape index (κ2) is 6.29. The number of halogens is 3. The van der Waals surface area contributed by atoms with Gasteiger partial charge in [0.2, 0.25) is 17.8 Å². The molecule has 21 heavy (non-hydrogen) atoms. The fourth-order valence-corrected chi connectivity index (χ4v) is 2.00. The molecular formula is C11H17F3N6O. The van der Waals surface area contributed by atoms with Crippen LogP contribution in [0, 0.1) is 0 Å². The van der Waals surface area contributed by atoms with Gasteiger partial charge in [0.25, 0.3) is 0 Å². The number of aromatic nitrogens is 3. The average molecular weight is 306 g/mol. The van der Waals surface area contributed by atoms with Gasteiger partial charge in [0, 0.05) is 13.1 Å². The lowest BCUT2D eigenvalue weighted by molar-refractivity contribution is -0.198. The second-order valence-corrected chi connectivity index (χ2v) is 4.80. The van der Waals surface area contributed by atoms with E-state index in [1.807, 2.05) is 4.90 Å². The molecule has 118 valence electrons. The molecule has 2 heterocycles. The summed E-state index contributed by atoms with van der Waals surface area (Å²) in [5, 5.41) is 11.3. The van der Waals surface area contributed by atoms with Gasteiger partial charge in [0.05, 0.1) is 6.54 Å². The molecule has 0 spiro atoms. The van der Waals surface area contributed by atoms with Crippen molar-refractivity contribution in [3.05, 3.63) is 0 Å². The molecule has 10 heteroatoms. The minimum Gasteiger partial charge on any atom is -0.382 e. The van der Waals surface area contributed by atoms with E-state index < -0.39 is 18.8 Å². The summed E-state index contributed by atoms with van der Waals surface area (Å²) in [6.45, 7) is 0.800. The van der Waals surface area contributed by atoms with E-state index in [1.54, 1.807) is 0 Å². The molecule has 1 aliphatic heterocycles. The van der Waals surface area contributed by atoms with Crippen LogP contribution in [0.4, 0.5) is 31.0 Å². The van der Waals surface area contributed by atoms with Crippen molar-refractivity contribution in [1.29, 1.82) is 0 Å². The summed E-state index contributed by atoms with van der Waals surface area (Å²) in [7, 11) is 0. The van der Waals surface area contributed by atoms with E-state index in [0.717, 1.165) is 32.4 Å². The Morgan fingerprint density at radius 3 is 2.48 bits per heavy atom. The molecule has 1 unspecified atom stereocenters. The minimum absolute atomic E-state index is 0.0745. The SMILES string of the molecule is Nc1nc(NCC(O)C(F)(F)F)nc(N2CCCCC2)n1. The van der Waals surface area contributed by atoms with Crippen LogP contribution in [-0.2, 0) is 0 Å². The molecule has 0 saturated carbocycles.